The smallest absolute Gasteiger partial charge is 0.326 e. The van der Waals surface area contributed by atoms with Crippen LogP contribution in [0.1, 0.15) is 25.3 Å². The van der Waals surface area contributed by atoms with E-state index in [1.807, 2.05) is 0 Å². The van der Waals surface area contributed by atoms with Crippen LogP contribution in [0.2, 0.25) is 5.02 Å². The lowest BCUT2D eigenvalue weighted by Crippen LogP contribution is -2.38. The van der Waals surface area contributed by atoms with Gasteiger partial charge in [0.25, 0.3) is 0 Å². The fraction of sp³-hybridized carbons (Fsp3) is 0.333. The molecule has 0 aliphatic carbocycles. The summed E-state index contributed by atoms with van der Waals surface area (Å²) >= 11 is 6.38. The largest absolute Gasteiger partial charge is 0.466 e. The van der Waals surface area contributed by atoms with Gasteiger partial charge in [0, 0.05) is 23.0 Å². The van der Waals surface area contributed by atoms with E-state index in [0.717, 1.165) is 0 Å². The first-order valence-electron chi connectivity index (χ1n) is 9.62. The molecule has 1 amide bonds. The van der Waals surface area contributed by atoms with Gasteiger partial charge in [0.15, 0.2) is 0 Å². The lowest BCUT2D eigenvalue weighted by Gasteiger charge is -2.19. The van der Waals surface area contributed by atoms with Crippen molar-refractivity contribution in [1.82, 2.24) is 5.32 Å². The van der Waals surface area contributed by atoms with Gasteiger partial charge in [-0.15, -0.1) is 0 Å². The Morgan fingerprint density at radius 1 is 1.23 bits per heavy atom. The van der Waals surface area contributed by atoms with Crippen LogP contribution in [0.5, 0.6) is 0 Å². The van der Waals surface area contributed by atoms with Gasteiger partial charge in [-0.05, 0) is 36.6 Å². The van der Waals surface area contributed by atoms with E-state index in [0.29, 0.717) is 21.7 Å². The van der Waals surface area contributed by atoms with E-state index < -0.39 is 31.7 Å². The lowest BCUT2D eigenvalue weighted by molar-refractivity contribution is -0.143. The Kier molecular flexibility index (Phi) is 9.19. The fourth-order valence-corrected chi connectivity index (χ4v) is 3.74. The summed E-state index contributed by atoms with van der Waals surface area (Å²) in [6.07, 6.45) is -0.940. The molecule has 0 bridgehead atoms. The maximum Gasteiger partial charge on any atom is 0.326 e. The first kappa shape index (κ1) is 25.0. The summed E-state index contributed by atoms with van der Waals surface area (Å²) in [5.74, 6) is -1.51. The highest BCUT2D eigenvalue weighted by Crippen LogP contribution is 2.34. The molecule has 0 aromatic heterocycles. The molecule has 0 unspecified atom stereocenters. The van der Waals surface area contributed by atoms with E-state index >= 15 is 0 Å². The third-order valence-corrected chi connectivity index (χ3v) is 5.58. The van der Waals surface area contributed by atoms with Crippen molar-refractivity contribution < 1.29 is 33.1 Å². The normalized spacial score (nSPS) is 12.3. The van der Waals surface area contributed by atoms with Gasteiger partial charge in [0.2, 0.25) is 5.91 Å². The molecule has 3 N–H and O–H groups in total. The zero-order chi connectivity index (χ0) is 23.0. The van der Waals surface area contributed by atoms with Gasteiger partial charge in [0.05, 0.1) is 19.2 Å². The summed E-state index contributed by atoms with van der Waals surface area (Å²) in [4.78, 5) is 41.9. The Balaban J connectivity index is 2.17. The SMILES string of the molecule is CCOC(=O)C[C@@H](Cc1ccc(-c2ccccc2F)cc1Cl)NC(=O)CCP(=O)(O)O. The quantitative estimate of drug-likeness (QED) is 0.360. The third-order valence-electron chi connectivity index (χ3n) is 4.42. The number of hydrogen-bond acceptors (Lipinski definition) is 4. The van der Waals surface area contributed by atoms with E-state index in [1.54, 1.807) is 43.3 Å². The highest BCUT2D eigenvalue weighted by molar-refractivity contribution is 7.51. The molecule has 168 valence electrons. The van der Waals surface area contributed by atoms with Crippen molar-refractivity contribution in [2.24, 2.45) is 0 Å². The highest BCUT2D eigenvalue weighted by atomic mass is 35.5. The number of carbonyl (C=O) groups excluding carboxylic acids is 2. The predicted molar refractivity (Wildman–Crippen MR) is 115 cm³/mol. The summed E-state index contributed by atoms with van der Waals surface area (Å²) < 4.78 is 30.0. The summed E-state index contributed by atoms with van der Waals surface area (Å²) in [7, 11) is -4.32. The predicted octanol–water partition coefficient (Wildman–Crippen LogP) is 3.69. The molecule has 7 nitrogen and oxygen atoms in total. The molecule has 0 spiro atoms. The van der Waals surface area contributed by atoms with Crippen molar-refractivity contribution >= 4 is 31.1 Å². The number of rotatable bonds is 10. The van der Waals surface area contributed by atoms with Gasteiger partial charge in [0.1, 0.15) is 5.82 Å². The molecule has 0 saturated heterocycles. The summed E-state index contributed by atoms with van der Waals surface area (Å²) in [5.41, 5.74) is 1.59. The van der Waals surface area contributed by atoms with Crippen LogP contribution in [0.4, 0.5) is 4.39 Å². The average molecular weight is 472 g/mol. The Morgan fingerprint density at radius 2 is 1.94 bits per heavy atom. The van der Waals surface area contributed by atoms with E-state index in [2.05, 4.69) is 5.32 Å². The minimum atomic E-state index is -4.32. The second-order valence-electron chi connectivity index (χ2n) is 6.90. The van der Waals surface area contributed by atoms with Crippen molar-refractivity contribution in [1.29, 1.82) is 0 Å². The first-order chi connectivity index (χ1) is 14.6. The van der Waals surface area contributed by atoms with Crippen LogP contribution in [0.25, 0.3) is 11.1 Å². The van der Waals surface area contributed by atoms with Gasteiger partial charge in [-0.3, -0.25) is 14.2 Å². The van der Waals surface area contributed by atoms with Crippen LogP contribution < -0.4 is 5.32 Å². The molecule has 2 rings (SSSR count). The standard InChI is InChI=1S/C21H24ClFNO6P/c1-2-30-21(26)13-16(24-20(25)9-10-31(27,28)29)11-15-8-7-14(12-18(15)22)17-5-3-4-6-19(17)23/h3-8,12,16H,2,9-11,13H2,1H3,(H,24,25)(H2,27,28,29)/t16-/m1/s1. The molecule has 0 aliphatic rings. The van der Waals surface area contributed by atoms with Crippen LogP contribution in [-0.4, -0.2) is 40.5 Å². The molecular formula is C21H24ClFNO6P. The van der Waals surface area contributed by atoms with Crippen LogP contribution >= 0.6 is 19.2 Å². The fourth-order valence-electron chi connectivity index (χ4n) is 2.98. The maximum absolute atomic E-state index is 14.0. The van der Waals surface area contributed by atoms with Crippen LogP contribution in [0.15, 0.2) is 42.5 Å². The number of benzene rings is 2. The van der Waals surface area contributed by atoms with E-state index in [9.17, 15) is 18.5 Å². The second-order valence-corrected chi connectivity index (χ2v) is 9.09. The molecular weight excluding hydrogens is 448 g/mol. The van der Waals surface area contributed by atoms with Gasteiger partial charge in [-0.25, -0.2) is 4.39 Å². The molecule has 0 saturated carbocycles. The number of esters is 1. The number of amides is 1. The molecule has 10 heteroatoms. The van der Waals surface area contributed by atoms with Crippen molar-refractivity contribution in [2.75, 3.05) is 12.8 Å². The molecule has 0 fully saturated rings. The minimum Gasteiger partial charge on any atom is -0.466 e. The molecule has 31 heavy (non-hydrogen) atoms. The van der Waals surface area contributed by atoms with Crippen LogP contribution in [-0.2, 0) is 25.3 Å². The van der Waals surface area contributed by atoms with E-state index in [-0.39, 0.29) is 31.7 Å². The Morgan fingerprint density at radius 3 is 2.55 bits per heavy atom. The maximum atomic E-state index is 14.0. The van der Waals surface area contributed by atoms with Crippen LogP contribution in [0, 0.1) is 5.82 Å². The van der Waals surface area contributed by atoms with E-state index in [1.165, 1.54) is 6.07 Å². The Labute approximate surface area is 184 Å². The molecule has 0 aliphatic heterocycles. The van der Waals surface area contributed by atoms with Crippen molar-refractivity contribution in [3.8, 4) is 11.1 Å². The van der Waals surface area contributed by atoms with Crippen molar-refractivity contribution in [3.63, 3.8) is 0 Å². The summed E-state index contributed by atoms with van der Waals surface area (Å²) in [6, 6.07) is 10.6. The van der Waals surface area contributed by atoms with Gasteiger partial charge < -0.3 is 19.8 Å². The second kappa shape index (κ2) is 11.4. The van der Waals surface area contributed by atoms with Gasteiger partial charge in [-0.2, -0.15) is 0 Å². The molecule has 0 heterocycles. The van der Waals surface area contributed by atoms with Crippen molar-refractivity contribution in [3.05, 3.63) is 58.9 Å². The zero-order valence-electron chi connectivity index (χ0n) is 16.9. The topological polar surface area (TPSA) is 113 Å². The highest BCUT2D eigenvalue weighted by Gasteiger charge is 2.21. The van der Waals surface area contributed by atoms with Crippen molar-refractivity contribution in [2.45, 2.75) is 32.2 Å². The number of halogens is 2. The molecule has 1 atom stereocenters. The Bertz CT molecular complexity index is 980. The number of ether oxygens (including phenoxy) is 1. The van der Waals surface area contributed by atoms with Gasteiger partial charge in [-0.1, -0.05) is 41.9 Å². The Hall–Kier alpha value is -2.25. The number of nitrogens with one attached hydrogen (secondary N) is 1. The molecule has 2 aromatic carbocycles. The van der Waals surface area contributed by atoms with E-state index in [4.69, 9.17) is 26.1 Å². The monoisotopic (exact) mass is 471 g/mol. The average Bonchev–Trinajstić information content (AvgIpc) is 2.68. The third kappa shape index (κ3) is 8.42. The summed E-state index contributed by atoms with van der Waals surface area (Å²) in [5, 5.41) is 2.94. The lowest BCUT2D eigenvalue weighted by atomic mass is 9.99. The van der Waals surface area contributed by atoms with Gasteiger partial charge >= 0.3 is 13.6 Å². The van der Waals surface area contributed by atoms with Crippen LogP contribution in [0.3, 0.4) is 0 Å². The number of hydrogen-bond donors (Lipinski definition) is 3. The first-order valence-corrected chi connectivity index (χ1v) is 11.8. The molecule has 2 aromatic rings. The number of carbonyl (C=O) groups is 2. The summed E-state index contributed by atoms with van der Waals surface area (Å²) in [6.45, 7) is 1.83. The zero-order valence-corrected chi connectivity index (χ0v) is 18.5. The molecule has 0 radical (unpaired) electrons. The minimum absolute atomic E-state index is 0.138.